The lowest BCUT2D eigenvalue weighted by Crippen LogP contribution is -2.15. The van der Waals surface area contributed by atoms with Crippen LogP contribution in [-0.2, 0) is 6.42 Å². The zero-order chi connectivity index (χ0) is 13.8. The summed E-state index contributed by atoms with van der Waals surface area (Å²) in [5.74, 6) is 0. The van der Waals surface area contributed by atoms with E-state index in [4.69, 9.17) is 5.73 Å². The molecule has 3 nitrogen and oxygen atoms in total. The molecule has 0 aliphatic carbocycles. The molecule has 0 aliphatic rings. The molecule has 0 spiro atoms. The summed E-state index contributed by atoms with van der Waals surface area (Å²) < 4.78 is 3.24. The smallest absolute Gasteiger partial charge is 0.0643 e. The fraction of sp³-hybridized carbons (Fsp3) is 0.400. The molecule has 4 heteroatoms. The Morgan fingerprint density at radius 2 is 2.05 bits per heavy atom. The fourth-order valence-corrected chi connectivity index (χ4v) is 2.82. The minimum Gasteiger partial charge on any atom is -0.324 e. The Kier molecular flexibility index (Phi) is 4.99. The monoisotopic (exact) mass is 369 g/mol. The van der Waals surface area contributed by atoms with Gasteiger partial charge in [0.05, 0.1) is 5.69 Å². The van der Waals surface area contributed by atoms with Crippen molar-refractivity contribution in [3.05, 3.63) is 51.4 Å². The minimum atomic E-state index is 0.00776. The average molecular weight is 369 g/mol. The second-order valence-corrected chi connectivity index (χ2v) is 6.04. The summed E-state index contributed by atoms with van der Waals surface area (Å²) in [4.78, 5) is 0. The normalized spacial score (nSPS) is 14.3. The summed E-state index contributed by atoms with van der Waals surface area (Å²) in [6.45, 7) is 4.35. The van der Waals surface area contributed by atoms with Crippen molar-refractivity contribution in [3.8, 4) is 0 Å². The second kappa shape index (κ2) is 6.52. The standard InChI is InChI=1S/C15H20IN3/c1-3-11(2)19-9-8-12(18-19)10-15(17)13-6-4-5-7-14(13)16/h4-9,11,15H,3,10,17H2,1-2H3. The van der Waals surface area contributed by atoms with Gasteiger partial charge >= 0.3 is 0 Å². The van der Waals surface area contributed by atoms with Gasteiger partial charge in [-0.3, -0.25) is 4.68 Å². The van der Waals surface area contributed by atoms with Gasteiger partial charge < -0.3 is 5.73 Å². The number of hydrogen-bond donors (Lipinski definition) is 1. The lowest BCUT2D eigenvalue weighted by atomic mass is 10.0. The SMILES string of the molecule is CCC(C)n1ccc(CC(N)c2ccccc2I)n1. The molecule has 2 aromatic rings. The first-order chi connectivity index (χ1) is 9.11. The Morgan fingerprint density at radius 1 is 1.32 bits per heavy atom. The van der Waals surface area contributed by atoms with Crippen LogP contribution in [-0.4, -0.2) is 9.78 Å². The zero-order valence-corrected chi connectivity index (χ0v) is 13.5. The Bertz CT molecular complexity index is 536. The van der Waals surface area contributed by atoms with Crippen LogP contribution in [0.2, 0.25) is 0 Å². The van der Waals surface area contributed by atoms with E-state index in [1.807, 2.05) is 23.0 Å². The summed E-state index contributed by atoms with van der Waals surface area (Å²) in [6.07, 6.45) is 3.92. The highest BCUT2D eigenvalue weighted by molar-refractivity contribution is 14.1. The van der Waals surface area contributed by atoms with Crippen LogP contribution in [0, 0.1) is 3.57 Å². The molecule has 2 unspecified atom stereocenters. The number of aromatic nitrogens is 2. The molecule has 0 radical (unpaired) electrons. The maximum atomic E-state index is 6.29. The third-order valence-corrected chi connectivity index (χ3v) is 4.42. The minimum absolute atomic E-state index is 0.00776. The number of hydrogen-bond acceptors (Lipinski definition) is 2. The molecular formula is C15H20IN3. The molecule has 2 N–H and O–H groups in total. The van der Waals surface area contributed by atoms with E-state index < -0.39 is 0 Å². The number of rotatable bonds is 5. The molecule has 0 aliphatic heterocycles. The maximum absolute atomic E-state index is 6.29. The van der Waals surface area contributed by atoms with Crippen LogP contribution in [0.25, 0.3) is 0 Å². The van der Waals surface area contributed by atoms with Crippen LogP contribution in [0.4, 0.5) is 0 Å². The second-order valence-electron chi connectivity index (χ2n) is 4.88. The van der Waals surface area contributed by atoms with Crippen LogP contribution in [0.3, 0.4) is 0 Å². The number of nitrogens with zero attached hydrogens (tertiary/aromatic N) is 2. The summed E-state index contributed by atoms with van der Waals surface area (Å²) in [7, 11) is 0. The molecule has 2 atom stereocenters. The van der Waals surface area contributed by atoms with Gasteiger partial charge in [-0.2, -0.15) is 5.10 Å². The molecule has 2 rings (SSSR count). The molecule has 0 saturated carbocycles. The topological polar surface area (TPSA) is 43.8 Å². The first-order valence-corrected chi connectivity index (χ1v) is 7.73. The van der Waals surface area contributed by atoms with Crippen molar-refractivity contribution in [2.75, 3.05) is 0 Å². The van der Waals surface area contributed by atoms with Gasteiger partial charge in [-0.25, -0.2) is 0 Å². The van der Waals surface area contributed by atoms with Crippen LogP contribution >= 0.6 is 22.6 Å². The van der Waals surface area contributed by atoms with Gasteiger partial charge in [0.15, 0.2) is 0 Å². The Morgan fingerprint density at radius 3 is 2.74 bits per heavy atom. The van der Waals surface area contributed by atoms with Crippen molar-refractivity contribution in [2.24, 2.45) is 5.73 Å². The van der Waals surface area contributed by atoms with Crippen molar-refractivity contribution < 1.29 is 0 Å². The van der Waals surface area contributed by atoms with Crippen molar-refractivity contribution >= 4 is 22.6 Å². The van der Waals surface area contributed by atoms with Crippen LogP contribution < -0.4 is 5.73 Å². The molecule has 19 heavy (non-hydrogen) atoms. The molecule has 0 fully saturated rings. The number of nitrogens with two attached hydrogens (primary N) is 1. The molecule has 1 aromatic carbocycles. The molecule has 0 saturated heterocycles. The lowest BCUT2D eigenvalue weighted by Gasteiger charge is -2.13. The van der Waals surface area contributed by atoms with Crippen molar-refractivity contribution in [2.45, 2.75) is 38.8 Å². The van der Waals surface area contributed by atoms with E-state index in [2.05, 4.69) is 59.7 Å². The summed E-state index contributed by atoms with van der Waals surface area (Å²) >= 11 is 2.33. The van der Waals surface area contributed by atoms with Gasteiger partial charge in [0, 0.05) is 28.3 Å². The predicted molar refractivity (Wildman–Crippen MR) is 87.0 cm³/mol. The highest BCUT2D eigenvalue weighted by atomic mass is 127. The van der Waals surface area contributed by atoms with Crippen molar-refractivity contribution in [1.29, 1.82) is 0 Å². The van der Waals surface area contributed by atoms with E-state index in [0.717, 1.165) is 18.5 Å². The van der Waals surface area contributed by atoms with Crippen LogP contribution in [0.15, 0.2) is 36.5 Å². The van der Waals surface area contributed by atoms with E-state index in [1.54, 1.807) is 0 Å². The predicted octanol–water partition coefficient (Wildman–Crippen LogP) is 3.70. The van der Waals surface area contributed by atoms with Gasteiger partial charge in [-0.1, -0.05) is 25.1 Å². The highest BCUT2D eigenvalue weighted by Crippen LogP contribution is 2.21. The first-order valence-electron chi connectivity index (χ1n) is 6.65. The van der Waals surface area contributed by atoms with Gasteiger partial charge in [0.2, 0.25) is 0 Å². The Hall–Kier alpha value is -0.880. The quantitative estimate of drug-likeness (QED) is 0.817. The Balaban J connectivity index is 2.09. The zero-order valence-electron chi connectivity index (χ0n) is 11.4. The van der Waals surface area contributed by atoms with Gasteiger partial charge in [0.1, 0.15) is 0 Å². The van der Waals surface area contributed by atoms with E-state index in [9.17, 15) is 0 Å². The van der Waals surface area contributed by atoms with E-state index in [0.29, 0.717) is 6.04 Å². The summed E-state index contributed by atoms with van der Waals surface area (Å²) in [6, 6.07) is 10.8. The molecule has 0 amide bonds. The molecular weight excluding hydrogens is 349 g/mol. The van der Waals surface area contributed by atoms with Crippen molar-refractivity contribution in [1.82, 2.24) is 9.78 Å². The van der Waals surface area contributed by atoms with Crippen molar-refractivity contribution in [3.63, 3.8) is 0 Å². The third kappa shape index (κ3) is 3.57. The largest absolute Gasteiger partial charge is 0.324 e. The summed E-state index contributed by atoms with van der Waals surface area (Å²) in [5, 5.41) is 4.61. The van der Waals surface area contributed by atoms with Gasteiger partial charge in [-0.05, 0) is 53.6 Å². The maximum Gasteiger partial charge on any atom is 0.0643 e. The van der Waals surface area contributed by atoms with Gasteiger partial charge in [-0.15, -0.1) is 0 Å². The average Bonchev–Trinajstić information content (AvgIpc) is 2.86. The molecule has 0 bridgehead atoms. The molecule has 102 valence electrons. The molecule has 1 heterocycles. The Labute approximate surface area is 128 Å². The fourth-order valence-electron chi connectivity index (χ4n) is 2.03. The van der Waals surface area contributed by atoms with E-state index in [1.165, 1.54) is 9.13 Å². The highest BCUT2D eigenvalue weighted by Gasteiger charge is 2.12. The number of halogens is 1. The third-order valence-electron chi connectivity index (χ3n) is 3.44. The lowest BCUT2D eigenvalue weighted by molar-refractivity contribution is 0.472. The van der Waals surface area contributed by atoms with Crippen LogP contribution in [0.5, 0.6) is 0 Å². The molecule has 1 aromatic heterocycles. The number of benzene rings is 1. The van der Waals surface area contributed by atoms with Crippen LogP contribution in [0.1, 0.15) is 43.6 Å². The summed E-state index contributed by atoms with van der Waals surface area (Å²) in [5.41, 5.74) is 8.55. The van der Waals surface area contributed by atoms with Gasteiger partial charge in [0.25, 0.3) is 0 Å². The first kappa shape index (κ1) is 14.5. The van der Waals surface area contributed by atoms with E-state index >= 15 is 0 Å². The van der Waals surface area contributed by atoms with E-state index in [-0.39, 0.29) is 6.04 Å².